The Morgan fingerprint density at radius 1 is 1.04 bits per heavy atom. The van der Waals surface area contributed by atoms with Gasteiger partial charge < -0.3 is 15.2 Å². The molecule has 0 radical (unpaired) electrons. The van der Waals surface area contributed by atoms with Gasteiger partial charge in [-0.1, -0.05) is 48.0 Å². The molecule has 2 aliphatic carbocycles. The van der Waals surface area contributed by atoms with Crippen molar-refractivity contribution in [3.8, 4) is 0 Å². The van der Waals surface area contributed by atoms with E-state index in [2.05, 4.69) is 17.4 Å². The standard InChI is InChI=1S/C21H20ClNO2/c22-16-7-2-1-4-13(16)20-18-12-9-8-11(10-12)17(18)14-5-3-6-15(21(24)25)19(14)23-20/h1-7,11-12,17-18,20,23H,8-10H2,(H,24,25)/p-1/t11-,12+,17+,18+,20+/m0/s1. The molecule has 5 rings (SSSR count). The molecule has 128 valence electrons. The highest BCUT2D eigenvalue weighted by Gasteiger charge is 2.54. The van der Waals surface area contributed by atoms with E-state index in [1.54, 1.807) is 6.07 Å². The van der Waals surface area contributed by atoms with Gasteiger partial charge in [0.2, 0.25) is 0 Å². The van der Waals surface area contributed by atoms with Crippen molar-refractivity contribution in [2.45, 2.75) is 31.2 Å². The number of nitrogens with one attached hydrogen (secondary N) is 1. The van der Waals surface area contributed by atoms with Crippen molar-refractivity contribution < 1.29 is 9.90 Å². The van der Waals surface area contributed by atoms with Crippen LogP contribution in [0.2, 0.25) is 5.02 Å². The summed E-state index contributed by atoms with van der Waals surface area (Å²) in [7, 11) is 0. The first-order valence-corrected chi connectivity index (χ1v) is 9.38. The molecule has 1 N–H and O–H groups in total. The average Bonchev–Trinajstić information content (AvgIpc) is 3.23. The lowest BCUT2D eigenvalue weighted by Gasteiger charge is -2.44. The van der Waals surface area contributed by atoms with Crippen LogP contribution in [0.15, 0.2) is 42.5 Å². The molecule has 0 amide bonds. The molecule has 4 heteroatoms. The Balaban J connectivity index is 1.70. The number of carboxylic acids is 1. The second-order valence-electron chi connectivity index (χ2n) is 7.64. The number of para-hydroxylation sites is 1. The quantitative estimate of drug-likeness (QED) is 0.888. The van der Waals surface area contributed by atoms with E-state index in [-0.39, 0.29) is 11.6 Å². The largest absolute Gasteiger partial charge is 0.545 e. The number of aromatic carboxylic acids is 1. The van der Waals surface area contributed by atoms with Crippen molar-refractivity contribution in [1.29, 1.82) is 0 Å². The van der Waals surface area contributed by atoms with Crippen molar-refractivity contribution in [2.24, 2.45) is 17.8 Å². The van der Waals surface area contributed by atoms with Gasteiger partial charge in [-0.25, -0.2) is 0 Å². The van der Waals surface area contributed by atoms with Gasteiger partial charge in [0.15, 0.2) is 0 Å². The molecule has 3 nitrogen and oxygen atoms in total. The fourth-order valence-electron chi connectivity index (χ4n) is 5.72. The van der Waals surface area contributed by atoms with E-state index in [9.17, 15) is 9.90 Å². The van der Waals surface area contributed by atoms with E-state index in [1.165, 1.54) is 19.3 Å². The lowest BCUT2D eigenvalue weighted by Crippen LogP contribution is -2.37. The van der Waals surface area contributed by atoms with Gasteiger partial charge in [-0.15, -0.1) is 0 Å². The maximum Gasteiger partial charge on any atom is 0.0736 e. The van der Waals surface area contributed by atoms with Crippen LogP contribution in [0, 0.1) is 17.8 Å². The van der Waals surface area contributed by atoms with Gasteiger partial charge in [-0.05, 0) is 60.1 Å². The fraction of sp³-hybridized carbons (Fsp3) is 0.381. The van der Waals surface area contributed by atoms with E-state index in [1.807, 2.05) is 24.3 Å². The van der Waals surface area contributed by atoms with Crippen LogP contribution in [-0.2, 0) is 0 Å². The third-order valence-corrected chi connectivity index (χ3v) is 6.93. The summed E-state index contributed by atoms with van der Waals surface area (Å²) in [5, 5.41) is 16.0. The Labute approximate surface area is 152 Å². The first-order valence-electron chi connectivity index (χ1n) is 9.00. The third-order valence-electron chi connectivity index (χ3n) is 6.58. The number of fused-ring (bicyclic) bond motifs is 7. The average molecular weight is 353 g/mol. The molecule has 0 saturated heterocycles. The molecule has 3 aliphatic rings. The number of hydrogen-bond acceptors (Lipinski definition) is 3. The molecule has 2 fully saturated rings. The third kappa shape index (κ3) is 2.15. The molecule has 2 saturated carbocycles. The lowest BCUT2D eigenvalue weighted by atomic mass is 9.67. The molecule has 0 unspecified atom stereocenters. The van der Waals surface area contributed by atoms with E-state index >= 15 is 0 Å². The zero-order chi connectivity index (χ0) is 17.1. The Morgan fingerprint density at radius 2 is 1.80 bits per heavy atom. The lowest BCUT2D eigenvalue weighted by molar-refractivity contribution is -0.254. The summed E-state index contributed by atoms with van der Waals surface area (Å²) in [5.74, 6) is 1.10. The smallest absolute Gasteiger partial charge is 0.0736 e. The molecule has 1 heterocycles. The number of carboxylic acid groups (broad SMARTS) is 1. The number of halogens is 1. The van der Waals surface area contributed by atoms with Gasteiger partial charge in [-0.3, -0.25) is 0 Å². The molecule has 2 aromatic carbocycles. The predicted octanol–water partition coefficient (Wildman–Crippen LogP) is 4.00. The number of carbonyl (C=O) groups excluding carboxylic acids is 1. The first-order chi connectivity index (χ1) is 12.1. The molecule has 0 spiro atoms. The minimum Gasteiger partial charge on any atom is -0.545 e. The van der Waals surface area contributed by atoms with Gasteiger partial charge in [0.1, 0.15) is 0 Å². The highest BCUT2D eigenvalue weighted by atomic mass is 35.5. The van der Waals surface area contributed by atoms with E-state index in [4.69, 9.17) is 11.6 Å². The predicted molar refractivity (Wildman–Crippen MR) is 95.7 cm³/mol. The Kier molecular flexibility index (Phi) is 3.36. The van der Waals surface area contributed by atoms with Gasteiger partial charge in [-0.2, -0.15) is 0 Å². The van der Waals surface area contributed by atoms with E-state index in [0.717, 1.165) is 21.8 Å². The number of carbonyl (C=O) groups is 1. The van der Waals surface area contributed by atoms with Crippen LogP contribution < -0.4 is 10.4 Å². The molecule has 5 atom stereocenters. The molecule has 2 bridgehead atoms. The number of hydrogen-bond donors (Lipinski definition) is 1. The van der Waals surface area contributed by atoms with Crippen LogP contribution in [0.25, 0.3) is 0 Å². The van der Waals surface area contributed by atoms with Crippen LogP contribution in [0.4, 0.5) is 5.69 Å². The Hall–Kier alpha value is -2.00. The van der Waals surface area contributed by atoms with Crippen LogP contribution in [0.1, 0.15) is 52.7 Å². The second kappa shape index (κ2) is 5.50. The minimum atomic E-state index is -1.12. The number of rotatable bonds is 2. The zero-order valence-corrected chi connectivity index (χ0v) is 14.5. The van der Waals surface area contributed by atoms with Crippen molar-refractivity contribution >= 4 is 23.3 Å². The van der Waals surface area contributed by atoms with Crippen LogP contribution >= 0.6 is 11.6 Å². The van der Waals surface area contributed by atoms with Crippen molar-refractivity contribution in [3.63, 3.8) is 0 Å². The van der Waals surface area contributed by atoms with E-state index in [0.29, 0.717) is 23.7 Å². The van der Waals surface area contributed by atoms with Crippen LogP contribution in [0.3, 0.4) is 0 Å². The topological polar surface area (TPSA) is 52.2 Å². The summed E-state index contributed by atoms with van der Waals surface area (Å²) in [4.78, 5) is 11.7. The van der Waals surface area contributed by atoms with Crippen LogP contribution in [-0.4, -0.2) is 5.97 Å². The highest BCUT2D eigenvalue weighted by Crippen LogP contribution is 2.64. The van der Waals surface area contributed by atoms with Crippen LogP contribution in [0.5, 0.6) is 0 Å². The SMILES string of the molecule is O=C([O-])c1cccc2c1N[C@H](c1ccccc1Cl)[C@@H]1[C@@H]3CC[C@@H](C3)[C@H]21. The summed E-state index contributed by atoms with van der Waals surface area (Å²) >= 11 is 6.51. The van der Waals surface area contributed by atoms with Crippen molar-refractivity contribution in [3.05, 3.63) is 64.2 Å². The van der Waals surface area contributed by atoms with Gasteiger partial charge in [0.25, 0.3) is 0 Å². The highest BCUT2D eigenvalue weighted by molar-refractivity contribution is 6.31. The van der Waals surface area contributed by atoms with Gasteiger partial charge in [0.05, 0.1) is 12.0 Å². The normalized spacial score (nSPS) is 32.0. The summed E-state index contributed by atoms with van der Waals surface area (Å²) in [6.07, 6.45) is 3.76. The summed E-state index contributed by atoms with van der Waals surface area (Å²) in [6, 6.07) is 13.6. The second-order valence-corrected chi connectivity index (χ2v) is 8.04. The van der Waals surface area contributed by atoms with Gasteiger partial charge in [0, 0.05) is 16.3 Å². The molecule has 25 heavy (non-hydrogen) atoms. The summed E-state index contributed by atoms with van der Waals surface area (Å²) in [6.45, 7) is 0. The fourth-order valence-corrected chi connectivity index (χ4v) is 5.97. The van der Waals surface area contributed by atoms with Gasteiger partial charge >= 0.3 is 0 Å². The summed E-state index contributed by atoms with van der Waals surface area (Å²) < 4.78 is 0. The minimum absolute atomic E-state index is 0.0574. The summed E-state index contributed by atoms with van der Waals surface area (Å²) in [5.41, 5.74) is 3.23. The Bertz CT molecular complexity index is 865. The molecular formula is C21H19ClNO2-. The molecular weight excluding hydrogens is 334 g/mol. The monoisotopic (exact) mass is 352 g/mol. The number of anilines is 1. The maximum atomic E-state index is 11.7. The number of benzene rings is 2. The molecule has 0 aromatic heterocycles. The van der Waals surface area contributed by atoms with E-state index < -0.39 is 5.97 Å². The maximum absolute atomic E-state index is 11.7. The molecule has 1 aliphatic heterocycles. The van der Waals surface area contributed by atoms with Crippen molar-refractivity contribution in [2.75, 3.05) is 5.32 Å². The zero-order valence-electron chi connectivity index (χ0n) is 13.7. The first kappa shape index (κ1) is 15.3. The van der Waals surface area contributed by atoms with Crippen molar-refractivity contribution in [1.82, 2.24) is 0 Å². The Morgan fingerprint density at radius 3 is 2.60 bits per heavy atom. The molecule has 2 aromatic rings.